The van der Waals surface area contributed by atoms with Crippen molar-refractivity contribution < 1.29 is 19.2 Å². The predicted molar refractivity (Wildman–Crippen MR) is 94.5 cm³/mol. The molecule has 0 bridgehead atoms. The summed E-state index contributed by atoms with van der Waals surface area (Å²) >= 11 is 0. The van der Waals surface area contributed by atoms with Gasteiger partial charge in [-0.1, -0.05) is 30.3 Å². The normalized spacial score (nSPS) is 16.3. The van der Waals surface area contributed by atoms with Crippen LogP contribution in [0.3, 0.4) is 0 Å². The molecule has 1 amide bonds. The Morgan fingerprint density at radius 1 is 1.16 bits per heavy atom. The standard InChI is InChI=1S/C19H28N2O4/c1-19(2,3)17(22)25-21-11-9-15(10-12-21)13-20-18(23)24-14-16-7-5-4-6-8-16/h4-8,15H,9-14H2,1-3H3,(H,20,23). The van der Waals surface area contributed by atoms with E-state index in [4.69, 9.17) is 9.57 Å². The summed E-state index contributed by atoms with van der Waals surface area (Å²) in [6.45, 7) is 7.75. The fourth-order valence-electron chi connectivity index (χ4n) is 2.46. The third kappa shape index (κ3) is 6.74. The number of ether oxygens (including phenoxy) is 1. The van der Waals surface area contributed by atoms with Crippen LogP contribution in [0.2, 0.25) is 0 Å². The highest BCUT2D eigenvalue weighted by molar-refractivity contribution is 5.75. The van der Waals surface area contributed by atoms with Gasteiger partial charge in [0.1, 0.15) is 6.61 Å². The molecule has 1 saturated heterocycles. The van der Waals surface area contributed by atoms with Gasteiger partial charge in [0.25, 0.3) is 0 Å². The van der Waals surface area contributed by atoms with Gasteiger partial charge in [0.2, 0.25) is 0 Å². The molecule has 0 aromatic heterocycles. The van der Waals surface area contributed by atoms with E-state index in [0.717, 1.165) is 18.4 Å². The molecule has 0 spiro atoms. The monoisotopic (exact) mass is 348 g/mol. The van der Waals surface area contributed by atoms with E-state index < -0.39 is 11.5 Å². The Bertz CT molecular complexity index is 561. The van der Waals surface area contributed by atoms with Gasteiger partial charge in [-0.15, -0.1) is 5.06 Å². The molecule has 0 saturated carbocycles. The van der Waals surface area contributed by atoms with Gasteiger partial charge in [-0.3, -0.25) is 0 Å². The minimum absolute atomic E-state index is 0.214. The summed E-state index contributed by atoms with van der Waals surface area (Å²) < 4.78 is 5.20. The molecule has 1 aliphatic heterocycles. The number of amides is 1. The van der Waals surface area contributed by atoms with Crippen LogP contribution in [0.4, 0.5) is 4.79 Å². The van der Waals surface area contributed by atoms with Crippen molar-refractivity contribution in [2.75, 3.05) is 19.6 Å². The number of benzene rings is 1. The van der Waals surface area contributed by atoms with Gasteiger partial charge in [0.05, 0.1) is 5.41 Å². The summed E-state index contributed by atoms with van der Waals surface area (Å²) in [6.07, 6.45) is 1.35. The lowest BCUT2D eigenvalue weighted by molar-refractivity contribution is -0.205. The van der Waals surface area contributed by atoms with Crippen molar-refractivity contribution in [3.8, 4) is 0 Å². The van der Waals surface area contributed by atoms with Crippen molar-refractivity contribution >= 4 is 12.1 Å². The van der Waals surface area contributed by atoms with Gasteiger partial charge in [-0.2, -0.15) is 0 Å². The number of hydrogen-bond donors (Lipinski definition) is 1. The fourth-order valence-corrected chi connectivity index (χ4v) is 2.46. The van der Waals surface area contributed by atoms with Crippen LogP contribution < -0.4 is 5.32 Å². The predicted octanol–water partition coefficient (Wildman–Crippen LogP) is 3.13. The first-order chi connectivity index (χ1) is 11.8. The van der Waals surface area contributed by atoms with Crippen LogP contribution in [0.5, 0.6) is 0 Å². The van der Waals surface area contributed by atoms with Gasteiger partial charge in [-0.05, 0) is 45.1 Å². The average Bonchev–Trinajstić information content (AvgIpc) is 2.59. The Labute approximate surface area is 149 Å². The van der Waals surface area contributed by atoms with E-state index in [1.165, 1.54) is 0 Å². The lowest BCUT2D eigenvalue weighted by atomic mass is 9.97. The smallest absolute Gasteiger partial charge is 0.407 e. The van der Waals surface area contributed by atoms with E-state index in [1.807, 2.05) is 51.1 Å². The number of hydrogen-bond acceptors (Lipinski definition) is 5. The molecule has 0 radical (unpaired) electrons. The minimum atomic E-state index is -0.499. The van der Waals surface area contributed by atoms with Gasteiger partial charge in [-0.25, -0.2) is 9.59 Å². The summed E-state index contributed by atoms with van der Waals surface area (Å²) in [5.41, 5.74) is 0.465. The average molecular weight is 348 g/mol. The van der Waals surface area contributed by atoms with Gasteiger partial charge in [0, 0.05) is 19.6 Å². The van der Waals surface area contributed by atoms with Crippen LogP contribution in [0.15, 0.2) is 30.3 Å². The first-order valence-electron chi connectivity index (χ1n) is 8.76. The van der Waals surface area contributed by atoms with E-state index >= 15 is 0 Å². The Balaban J connectivity index is 1.62. The van der Waals surface area contributed by atoms with Crippen molar-refractivity contribution in [1.82, 2.24) is 10.4 Å². The number of nitrogens with zero attached hydrogens (tertiary/aromatic N) is 1. The lowest BCUT2D eigenvalue weighted by Gasteiger charge is -2.32. The van der Waals surface area contributed by atoms with Gasteiger partial charge in [0.15, 0.2) is 0 Å². The van der Waals surface area contributed by atoms with Gasteiger partial charge >= 0.3 is 12.1 Å². The van der Waals surface area contributed by atoms with E-state index in [9.17, 15) is 9.59 Å². The molecule has 1 heterocycles. The maximum atomic E-state index is 11.9. The number of nitrogens with one attached hydrogen (secondary N) is 1. The van der Waals surface area contributed by atoms with Crippen LogP contribution in [-0.4, -0.2) is 36.8 Å². The highest BCUT2D eigenvalue weighted by Crippen LogP contribution is 2.20. The number of alkyl carbamates (subject to hydrolysis) is 1. The Morgan fingerprint density at radius 2 is 1.80 bits per heavy atom. The second-order valence-electron chi connectivity index (χ2n) is 7.44. The highest BCUT2D eigenvalue weighted by Gasteiger charge is 2.28. The first kappa shape index (κ1) is 19.2. The van der Waals surface area contributed by atoms with E-state index in [0.29, 0.717) is 25.6 Å². The summed E-state index contributed by atoms with van der Waals surface area (Å²) in [6, 6.07) is 9.59. The molecule has 0 unspecified atom stereocenters. The fraction of sp³-hybridized carbons (Fsp3) is 0.579. The van der Waals surface area contributed by atoms with Crippen LogP contribution in [0, 0.1) is 11.3 Å². The molecular formula is C19H28N2O4. The van der Waals surface area contributed by atoms with Crippen LogP contribution >= 0.6 is 0 Å². The zero-order valence-corrected chi connectivity index (χ0v) is 15.3. The summed E-state index contributed by atoms with van der Waals surface area (Å²) in [4.78, 5) is 29.0. The summed E-state index contributed by atoms with van der Waals surface area (Å²) in [7, 11) is 0. The molecule has 138 valence electrons. The van der Waals surface area contributed by atoms with Crippen molar-refractivity contribution in [2.24, 2.45) is 11.3 Å². The first-order valence-corrected chi connectivity index (χ1v) is 8.76. The largest absolute Gasteiger partial charge is 0.445 e. The number of hydroxylamine groups is 2. The summed E-state index contributed by atoms with van der Waals surface area (Å²) in [5.74, 6) is 0.155. The third-order valence-electron chi connectivity index (χ3n) is 4.15. The third-order valence-corrected chi connectivity index (χ3v) is 4.15. The van der Waals surface area contributed by atoms with E-state index in [1.54, 1.807) is 5.06 Å². The molecule has 25 heavy (non-hydrogen) atoms. The zero-order chi connectivity index (χ0) is 18.3. The molecule has 1 aromatic carbocycles. The number of carbonyl (C=O) groups is 2. The molecule has 2 rings (SSSR count). The molecule has 1 fully saturated rings. The van der Waals surface area contributed by atoms with Gasteiger partial charge < -0.3 is 14.9 Å². The molecule has 6 heteroatoms. The zero-order valence-electron chi connectivity index (χ0n) is 15.3. The number of piperidine rings is 1. The van der Waals surface area contributed by atoms with Crippen LogP contribution in [0.25, 0.3) is 0 Å². The van der Waals surface area contributed by atoms with Crippen LogP contribution in [-0.2, 0) is 21.0 Å². The van der Waals surface area contributed by atoms with Crippen molar-refractivity contribution in [3.05, 3.63) is 35.9 Å². The van der Waals surface area contributed by atoms with Crippen LogP contribution in [0.1, 0.15) is 39.2 Å². The topological polar surface area (TPSA) is 67.9 Å². The second kappa shape index (κ2) is 8.85. The van der Waals surface area contributed by atoms with E-state index in [-0.39, 0.29) is 12.6 Å². The Hall–Kier alpha value is -2.08. The van der Waals surface area contributed by atoms with E-state index in [2.05, 4.69) is 5.32 Å². The Kier molecular flexibility index (Phi) is 6.82. The van der Waals surface area contributed by atoms with Crippen molar-refractivity contribution in [3.63, 3.8) is 0 Å². The second-order valence-corrected chi connectivity index (χ2v) is 7.44. The number of rotatable bonds is 5. The minimum Gasteiger partial charge on any atom is -0.445 e. The maximum Gasteiger partial charge on any atom is 0.407 e. The highest BCUT2D eigenvalue weighted by atomic mass is 16.7. The SMILES string of the molecule is CC(C)(C)C(=O)ON1CCC(CNC(=O)OCc2ccccc2)CC1. The maximum absolute atomic E-state index is 11.9. The molecule has 1 aromatic rings. The van der Waals surface area contributed by atoms with Crippen molar-refractivity contribution in [2.45, 2.75) is 40.2 Å². The number of carbonyl (C=O) groups excluding carboxylic acids is 2. The quantitative estimate of drug-likeness (QED) is 0.885. The lowest BCUT2D eigenvalue weighted by Crippen LogP contribution is -2.41. The molecule has 6 nitrogen and oxygen atoms in total. The molecule has 0 aliphatic carbocycles. The molecule has 0 atom stereocenters. The van der Waals surface area contributed by atoms with Crippen molar-refractivity contribution in [1.29, 1.82) is 0 Å². The Morgan fingerprint density at radius 3 is 2.40 bits per heavy atom. The summed E-state index contributed by atoms with van der Waals surface area (Å²) in [5, 5.41) is 4.54. The molecule has 1 N–H and O–H groups in total. The molecule has 1 aliphatic rings. The molecular weight excluding hydrogens is 320 g/mol.